The predicted octanol–water partition coefficient (Wildman–Crippen LogP) is 3.71. The van der Waals surface area contributed by atoms with Crippen LogP contribution >= 0.6 is 11.6 Å². The molecule has 15 heteroatoms. The van der Waals surface area contributed by atoms with Gasteiger partial charge >= 0.3 is 0 Å². The number of carbonyl (C=O) groups excluding carboxylic acids is 1. The number of amides is 1. The molecule has 5 rings (SSSR count). The van der Waals surface area contributed by atoms with E-state index in [0.29, 0.717) is 29.9 Å². The Labute approximate surface area is 260 Å². The number of hydrogen-bond acceptors (Lipinski definition) is 10. The lowest BCUT2D eigenvalue weighted by Gasteiger charge is -2.33. The summed E-state index contributed by atoms with van der Waals surface area (Å²) in [7, 11) is -2.10. The minimum atomic E-state index is -3.83. The van der Waals surface area contributed by atoms with Crippen molar-refractivity contribution in [1.29, 1.82) is 0 Å². The number of sulfonamides is 1. The van der Waals surface area contributed by atoms with Crippen molar-refractivity contribution < 1.29 is 13.2 Å². The summed E-state index contributed by atoms with van der Waals surface area (Å²) >= 11 is 6.04. The molecule has 1 amide bonds. The molecule has 3 aromatic heterocycles. The third-order valence-electron chi connectivity index (χ3n) is 7.71. The Hall–Kier alpha value is -4.04. The van der Waals surface area contributed by atoms with Gasteiger partial charge in [-0.1, -0.05) is 17.7 Å². The number of aromatic nitrogens is 6. The van der Waals surface area contributed by atoms with Crippen LogP contribution in [-0.4, -0.2) is 63.2 Å². The van der Waals surface area contributed by atoms with Crippen molar-refractivity contribution in [2.24, 2.45) is 7.05 Å². The smallest absolute Gasteiger partial charge is 0.285 e. The number of nitrogens with one attached hydrogen (secondary N) is 2. The minimum Gasteiger partial charge on any atom is -0.377 e. The van der Waals surface area contributed by atoms with E-state index >= 15 is 0 Å². The third kappa shape index (κ3) is 6.55. The maximum absolute atomic E-state index is 13.7. The van der Waals surface area contributed by atoms with E-state index in [0.717, 1.165) is 35.9 Å². The number of anilines is 2. The third-order valence-corrected chi connectivity index (χ3v) is 8.47. The van der Waals surface area contributed by atoms with Gasteiger partial charge in [0.1, 0.15) is 5.15 Å². The van der Waals surface area contributed by atoms with Crippen molar-refractivity contribution in [3.63, 3.8) is 0 Å². The molecule has 1 atom stereocenters. The fourth-order valence-electron chi connectivity index (χ4n) is 5.51. The Kier molecular flexibility index (Phi) is 8.67. The van der Waals surface area contributed by atoms with Crippen LogP contribution in [0, 0.1) is 6.92 Å². The average molecular weight is 642 g/mol. The molecule has 1 fully saturated rings. The molecule has 44 heavy (non-hydrogen) atoms. The number of hydrogen-bond donors (Lipinski definition) is 2. The Morgan fingerprint density at radius 2 is 1.82 bits per heavy atom. The molecule has 234 valence electrons. The Balaban J connectivity index is 1.46. The van der Waals surface area contributed by atoms with E-state index in [1.807, 2.05) is 50.7 Å². The lowest BCUT2D eigenvalue weighted by Crippen LogP contribution is -2.38. The van der Waals surface area contributed by atoms with E-state index in [1.165, 1.54) is 6.07 Å². The van der Waals surface area contributed by atoms with Crippen LogP contribution in [0.15, 0.2) is 35.3 Å². The molecule has 1 saturated heterocycles. The Morgan fingerprint density at radius 1 is 1.11 bits per heavy atom. The fraction of sp³-hybridized carbons (Fsp3) is 0.448. The summed E-state index contributed by atoms with van der Waals surface area (Å²) in [6.45, 7) is 9.27. The number of aryl methyl sites for hydroxylation is 1. The summed E-state index contributed by atoms with van der Waals surface area (Å²) in [6, 6.07) is 6.57. The maximum atomic E-state index is 13.7. The molecule has 0 radical (unpaired) electrons. The topological polar surface area (TPSA) is 157 Å². The van der Waals surface area contributed by atoms with Gasteiger partial charge in [-0.05, 0) is 64.3 Å². The monoisotopic (exact) mass is 641 g/mol. The molecule has 0 spiro atoms. The number of pyridine rings is 1. The molecular formula is C29H36ClN9O4S. The summed E-state index contributed by atoms with van der Waals surface area (Å²) in [4.78, 5) is 39.4. The second-order valence-electron chi connectivity index (χ2n) is 11.6. The van der Waals surface area contributed by atoms with Gasteiger partial charge in [0.2, 0.25) is 16.0 Å². The molecule has 0 aliphatic carbocycles. The number of halogens is 1. The van der Waals surface area contributed by atoms with E-state index in [2.05, 4.69) is 25.4 Å². The number of piperidine rings is 1. The fourth-order valence-corrected chi connectivity index (χ4v) is 6.09. The highest BCUT2D eigenvalue weighted by Gasteiger charge is 2.27. The van der Waals surface area contributed by atoms with Gasteiger partial charge in [-0.2, -0.15) is 15.0 Å². The molecule has 0 saturated carbocycles. The van der Waals surface area contributed by atoms with Crippen molar-refractivity contribution in [1.82, 2.24) is 34.3 Å². The number of rotatable bonds is 8. The van der Waals surface area contributed by atoms with Crippen molar-refractivity contribution in [3.05, 3.63) is 68.5 Å². The zero-order valence-electron chi connectivity index (χ0n) is 25.5. The summed E-state index contributed by atoms with van der Waals surface area (Å²) in [6.07, 6.45) is 4.43. The zero-order chi connectivity index (χ0) is 31.9. The highest BCUT2D eigenvalue weighted by atomic mass is 35.5. The van der Waals surface area contributed by atoms with Crippen LogP contribution in [0.3, 0.4) is 0 Å². The van der Waals surface area contributed by atoms with Gasteiger partial charge in [-0.3, -0.25) is 14.2 Å². The molecule has 0 unspecified atom stereocenters. The first kappa shape index (κ1) is 31.4. The summed E-state index contributed by atoms with van der Waals surface area (Å²) in [5.41, 5.74) is 3.07. The molecular weight excluding hydrogens is 606 g/mol. The second kappa shape index (κ2) is 12.2. The number of benzene rings is 1. The molecule has 2 N–H and O–H groups in total. The van der Waals surface area contributed by atoms with Crippen LogP contribution in [0.25, 0.3) is 10.9 Å². The van der Waals surface area contributed by atoms with E-state index in [4.69, 9.17) is 16.6 Å². The van der Waals surface area contributed by atoms with Gasteiger partial charge in [0, 0.05) is 31.6 Å². The average Bonchev–Trinajstić information content (AvgIpc) is 3.46. The van der Waals surface area contributed by atoms with E-state index < -0.39 is 22.0 Å². The van der Waals surface area contributed by atoms with Crippen molar-refractivity contribution in [2.75, 3.05) is 29.6 Å². The predicted molar refractivity (Wildman–Crippen MR) is 170 cm³/mol. The molecule has 4 heterocycles. The van der Waals surface area contributed by atoms with E-state index in [-0.39, 0.29) is 34.1 Å². The number of fused-ring (bicyclic) bond motifs is 1. The summed E-state index contributed by atoms with van der Waals surface area (Å²) < 4.78 is 27.0. The van der Waals surface area contributed by atoms with Gasteiger partial charge in [0.05, 0.1) is 46.8 Å². The molecule has 1 aliphatic rings. The summed E-state index contributed by atoms with van der Waals surface area (Å²) in [5, 5.41) is 12.8. The van der Waals surface area contributed by atoms with Crippen LogP contribution in [0.1, 0.15) is 78.9 Å². The second-order valence-corrected chi connectivity index (χ2v) is 13.7. The Bertz CT molecular complexity index is 1900. The molecule has 1 aromatic carbocycles. The van der Waals surface area contributed by atoms with Gasteiger partial charge < -0.3 is 10.2 Å². The minimum absolute atomic E-state index is 0.0333. The highest BCUT2D eigenvalue weighted by Crippen LogP contribution is 2.32. The van der Waals surface area contributed by atoms with Crippen LogP contribution < -0.4 is 20.5 Å². The first-order valence-corrected chi connectivity index (χ1v) is 16.6. The molecule has 13 nitrogen and oxygen atoms in total. The lowest BCUT2D eigenvalue weighted by atomic mass is 9.94. The van der Waals surface area contributed by atoms with Crippen LogP contribution in [-0.2, 0) is 17.1 Å². The normalized spacial score (nSPS) is 15.1. The zero-order valence-corrected chi connectivity index (χ0v) is 27.1. The summed E-state index contributed by atoms with van der Waals surface area (Å²) in [5.74, 6) is -0.0607. The number of carbonyl (C=O) groups is 1. The van der Waals surface area contributed by atoms with Gasteiger partial charge in [0.25, 0.3) is 11.5 Å². The van der Waals surface area contributed by atoms with E-state index in [1.54, 1.807) is 22.5 Å². The first-order chi connectivity index (χ1) is 20.7. The Morgan fingerprint density at radius 3 is 2.45 bits per heavy atom. The van der Waals surface area contributed by atoms with Gasteiger partial charge in [-0.15, -0.1) is 0 Å². The lowest BCUT2D eigenvalue weighted by molar-refractivity contribution is 0.0977. The van der Waals surface area contributed by atoms with Crippen LogP contribution in [0.4, 0.5) is 11.6 Å². The molecule has 4 aromatic rings. The SMILES string of the molecule is Cc1cc([C@@H](C)Nc2ccc(Cl)nc2C(=O)NS(C)(=O)=O)c2nc(N3CCC(c4cnn(C(C)C)n4)CC3)n(C)c(=O)c2c1. The number of nitrogens with zero attached hydrogens (tertiary/aromatic N) is 7. The van der Waals surface area contributed by atoms with Crippen LogP contribution in [0.5, 0.6) is 0 Å². The van der Waals surface area contributed by atoms with Gasteiger partial charge in [0.15, 0.2) is 5.69 Å². The van der Waals surface area contributed by atoms with Gasteiger partial charge in [-0.25, -0.2) is 23.1 Å². The molecule has 1 aliphatic heterocycles. The largest absolute Gasteiger partial charge is 0.377 e. The quantitative estimate of drug-likeness (QED) is 0.272. The van der Waals surface area contributed by atoms with Crippen LogP contribution in [0.2, 0.25) is 5.15 Å². The van der Waals surface area contributed by atoms with E-state index in [9.17, 15) is 18.0 Å². The van der Waals surface area contributed by atoms with Crippen molar-refractivity contribution in [2.45, 2.75) is 58.5 Å². The first-order valence-electron chi connectivity index (χ1n) is 14.3. The van der Waals surface area contributed by atoms with Crippen molar-refractivity contribution >= 4 is 50.1 Å². The standard InChI is InChI=1S/C29H36ClN9O4S/c1-16(2)39-31-15-23(35-39)19-9-11-38(12-10-19)29-34-25-20(13-17(3)14-21(25)28(41)37(29)5)18(4)32-22-7-8-24(30)33-26(22)27(40)36-44(6,42)43/h7-8,13-16,18-19,32H,9-12H2,1-6H3,(H,36,40)/t18-/m1/s1. The highest BCUT2D eigenvalue weighted by molar-refractivity contribution is 7.89. The molecule has 0 bridgehead atoms. The van der Waals surface area contributed by atoms with Crippen molar-refractivity contribution in [3.8, 4) is 0 Å². The maximum Gasteiger partial charge on any atom is 0.285 e.